The minimum atomic E-state index is -0.239. The van der Waals surface area contributed by atoms with Gasteiger partial charge in [0.15, 0.2) is 11.5 Å². The molecule has 1 aliphatic carbocycles. The summed E-state index contributed by atoms with van der Waals surface area (Å²) in [4.78, 5) is 14.5. The van der Waals surface area contributed by atoms with E-state index in [1.54, 1.807) is 47.4 Å². The lowest BCUT2D eigenvalue weighted by Gasteiger charge is -2.23. The molecule has 0 aliphatic heterocycles. The lowest BCUT2D eigenvalue weighted by molar-refractivity contribution is 0.206. The maximum Gasteiger partial charge on any atom is 0.322 e. The lowest BCUT2D eigenvalue weighted by Crippen LogP contribution is -2.36. The summed E-state index contributed by atoms with van der Waals surface area (Å²) >= 11 is 0. The number of carbonyl (C=O) groups excluding carboxylic acids is 1. The van der Waals surface area contributed by atoms with Gasteiger partial charge in [0.1, 0.15) is 6.07 Å². The molecule has 2 aromatic rings. The van der Waals surface area contributed by atoms with Crippen LogP contribution in [0.4, 0.5) is 10.5 Å². The van der Waals surface area contributed by atoms with Crippen LogP contribution in [0.1, 0.15) is 24.0 Å². The predicted octanol–water partition coefficient (Wildman–Crippen LogP) is 3.47. The summed E-state index contributed by atoms with van der Waals surface area (Å²) in [5.41, 5.74) is 1.80. The number of amides is 2. The van der Waals surface area contributed by atoms with E-state index in [0.29, 0.717) is 23.5 Å². The number of anilines is 1. The van der Waals surface area contributed by atoms with Gasteiger partial charge in [-0.1, -0.05) is 18.2 Å². The van der Waals surface area contributed by atoms with Crippen molar-refractivity contribution in [1.82, 2.24) is 4.90 Å². The number of ether oxygens (including phenoxy) is 1. The van der Waals surface area contributed by atoms with Crippen LogP contribution in [-0.2, 0) is 6.54 Å². The number of phenols is 1. The highest BCUT2D eigenvalue weighted by atomic mass is 16.5. The summed E-state index contributed by atoms with van der Waals surface area (Å²) in [7, 11) is 1.49. The van der Waals surface area contributed by atoms with Gasteiger partial charge in [0.25, 0.3) is 0 Å². The average molecular weight is 337 g/mol. The largest absolute Gasteiger partial charge is 0.504 e. The molecule has 2 amide bonds. The van der Waals surface area contributed by atoms with Crippen LogP contribution >= 0.6 is 0 Å². The first-order valence-electron chi connectivity index (χ1n) is 8.05. The first-order valence-corrected chi connectivity index (χ1v) is 8.05. The van der Waals surface area contributed by atoms with Gasteiger partial charge in [-0.05, 0) is 42.7 Å². The average Bonchev–Trinajstić information content (AvgIpc) is 3.46. The Labute approximate surface area is 146 Å². The molecule has 6 nitrogen and oxygen atoms in total. The number of hydrogen-bond donors (Lipinski definition) is 2. The van der Waals surface area contributed by atoms with E-state index in [2.05, 4.69) is 11.4 Å². The number of nitrogens with one attached hydrogen (secondary N) is 1. The second kappa shape index (κ2) is 7.14. The van der Waals surface area contributed by atoms with Gasteiger partial charge in [0.2, 0.25) is 0 Å². The summed E-state index contributed by atoms with van der Waals surface area (Å²) in [5, 5.41) is 21.7. The number of benzene rings is 2. The molecule has 0 radical (unpaired) electrons. The Morgan fingerprint density at radius 1 is 1.36 bits per heavy atom. The Morgan fingerprint density at radius 2 is 2.12 bits per heavy atom. The second-order valence-electron chi connectivity index (χ2n) is 5.95. The van der Waals surface area contributed by atoms with E-state index in [-0.39, 0.29) is 17.8 Å². The summed E-state index contributed by atoms with van der Waals surface area (Å²) < 4.78 is 5.12. The normalized spacial score (nSPS) is 13.0. The van der Waals surface area contributed by atoms with Crippen molar-refractivity contribution in [2.45, 2.75) is 25.4 Å². The standard InChI is InChI=1S/C19H19N3O3/c1-25-18-10-13(6-9-17(18)23)12-22(15-7-8-15)19(24)21-16-5-3-2-4-14(16)11-20/h2-6,9-10,15,23H,7-8,12H2,1H3,(H,21,24). The van der Waals surface area contributed by atoms with Gasteiger partial charge in [0.05, 0.1) is 18.4 Å². The van der Waals surface area contributed by atoms with Crippen LogP contribution in [0, 0.1) is 11.3 Å². The topological polar surface area (TPSA) is 85.6 Å². The van der Waals surface area contributed by atoms with Crippen LogP contribution in [0.3, 0.4) is 0 Å². The van der Waals surface area contributed by atoms with E-state index in [0.717, 1.165) is 18.4 Å². The van der Waals surface area contributed by atoms with Crippen LogP contribution in [0.2, 0.25) is 0 Å². The number of rotatable bonds is 5. The van der Waals surface area contributed by atoms with Crippen LogP contribution in [0.25, 0.3) is 0 Å². The van der Waals surface area contributed by atoms with Gasteiger partial charge in [-0.15, -0.1) is 0 Å². The zero-order valence-electron chi connectivity index (χ0n) is 13.9. The van der Waals surface area contributed by atoms with Crippen molar-refractivity contribution < 1.29 is 14.6 Å². The Kier molecular flexibility index (Phi) is 4.75. The number of urea groups is 1. The number of phenolic OH excluding ortho intramolecular Hbond substituents is 1. The molecular weight excluding hydrogens is 318 g/mol. The highest BCUT2D eigenvalue weighted by molar-refractivity contribution is 5.91. The number of nitrogens with zero attached hydrogens (tertiary/aromatic N) is 2. The van der Waals surface area contributed by atoms with Crippen LogP contribution in [0.5, 0.6) is 11.5 Å². The van der Waals surface area contributed by atoms with Crippen molar-refractivity contribution in [3.05, 3.63) is 53.6 Å². The smallest absolute Gasteiger partial charge is 0.322 e. The second-order valence-corrected chi connectivity index (χ2v) is 5.95. The van der Waals surface area contributed by atoms with E-state index in [4.69, 9.17) is 10.00 Å². The quantitative estimate of drug-likeness (QED) is 0.875. The van der Waals surface area contributed by atoms with Crippen LogP contribution < -0.4 is 10.1 Å². The van der Waals surface area contributed by atoms with Crippen molar-refractivity contribution >= 4 is 11.7 Å². The highest BCUT2D eigenvalue weighted by Gasteiger charge is 2.33. The van der Waals surface area contributed by atoms with Crippen molar-refractivity contribution in [3.63, 3.8) is 0 Å². The molecule has 1 saturated carbocycles. The molecular formula is C19H19N3O3. The summed E-state index contributed by atoms with van der Waals surface area (Å²) in [6.07, 6.45) is 1.92. The van der Waals surface area contributed by atoms with Crippen molar-refractivity contribution in [2.24, 2.45) is 0 Å². The van der Waals surface area contributed by atoms with E-state index in [1.165, 1.54) is 7.11 Å². The molecule has 0 bridgehead atoms. The Balaban J connectivity index is 1.77. The number of methoxy groups -OCH3 is 1. The monoisotopic (exact) mass is 337 g/mol. The van der Waals surface area contributed by atoms with Gasteiger partial charge in [-0.3, -0.25) is 0 Å². The first kappa shape index (κ1) is 16.7. The molecule has 2 N–H and O–H groups in total. The van der Waals surface area contributed by atoms with Gasteiger partial charge in [-0.25, -0.2) is 4.79 Å². The van der Waals surface area contributed by atoms with Crippen molar-refractivity contribution in [3.8, 4) is 17.6 Å². The molecule has 128 valence electrons. The maximum absolute atomic E-state index is 12.7. The zero-order valence-corrected chi connectivity index (χ0v) is 13.9. The molecule has 0 unspecified atom stereocenters. The van der Waals surface area contributed by atoms with Gasteiger partial charge in [0, 0.05) is 12.6 Å². The number of para-hydroxylation sites is 1. The molecule has 6 heteroatoms. The molecule has 0 spiro atoms. The summed E-state index contributed by atoms with van der Waals surface area (Å²) in [6.45, 7) is 0.405. The Bertz CT molecular complexity index is 825. The summed E-state index contributed by atoms with van der Waals surface area (Å²) in [5.74, 6) is 0.445. The van der Waals surface area contributed by atoms with Crippen LogP contribution in [0.15, 0.2) is 42.5 Å². The minimum Gasteiger partial charge on any atom is -0.504 e. The van der Waals surface area contributed by atoms with Gasteiger partial charge >= 0.3 is 6.03 Å². The molecule has 0 aromatic heterocycles. The zero-order chi connectivity index (χ0) is 17.8. The molecule has 25 heavy (non-hydrogen) atoms. The molecule has 0 saturated heterocycles. The fraction of sp³-hybridized carbons (Fsp3) is 0.263. The van der Waals surface area contributed by atoms with Gasteiger partial charge in [-0.2, -0.15) is 5.26 Å². The predicted molar refractivity (Wildman–Crippen MR) is 93.4 cm³/mol. The van der Waals surface area contributed by atoms with E-state index >= 15 is 0 Å². The van der Waals surface area contributed by atoms with Crippen molar-refractivity contribution in [2.75, 3.05) is 12.4 Å². The van der Waals surface area contributed by atoms with Gasteiger partial charge < -0.3 is 20.1 Å². The lowest BCUT2D eigenvalue weighted by atomic mass is 10.2. The molecule has 2 aromatic carbocycles. The third-order valence-corrected chi connectivity index (χ3v) is 4.13. The van der Waals surface area contributed by atoms with Crippen LogP contribution in [-0.4, -0.2) is 29.2 Å². The van der Waals surface area contributed by atoms with E-state index in [9.17, 15) is 9.90 Å². The van der Waals surface area contributed by atoms with E-state index in [1.807, 2.05) is 0 Å². The third kappa shape index (κ3) is 3.83. The fourth-order valence-corrected chi connectivity index (χ4v) is 2.65. The number of carbonyl (C=O) groups is 1. The number of nitriles is 1. The minimum absolute atomic E-state index is 0.0663. The number of hydrogen-bond acceptors (Lipinski definition) is 4. The molecule has 0 heterocycles. The highest BCUT2D eigenvalue weighted by Crippen LogP contribution is 2.32. The Morgan fingerprint density at radius 3 is 2.80 bits per heavy atom. The molecule has 0 atom stereocenters. The molecule has 1 aliphatic rings. The van der Waals surface area contributed by atoms with Crippen molar-refractivity contribution in [1.29, 1.82) is 5.26 Å². The molecule has 3 rings (SSSR count). The third-order valence-electron chi connectivity index (χ3n) is 4.13. The number of aromatic hydroxyl groups is 1. The first-order chi connectivity index (χ1) is 12.1. The maximum atomic E-state index is 12.7. The molecule has 1 fully saturated rings. The Hall–Kier alpha value is -3.20. The fourth-order valence-electron chi connectivity index (χ4n) is 2.65. The summed E-state index contributed by atoms with van der Waals surface area (Å²) in [6, 6.07) is 14.0. The van der Waals surface area contributed by atoms with E-state index < -0.39 is 0 Å². The SMILES string of the molecule is COc1cc(CN(C(=O)Nc2ccccc2C#N)C2CC2)ccc1O.